The van der Waals surface area contributed by atoms with E-state index in [9.17, 15) is 0 Å². The van der Waals surface area contributed by atoms with Crippen molar-refractivity contribution in [2.75, 3.05) is 0 Å². The zero-order chi connectivity index (χ0) is 9.84. The van der Waals surface area contributed by atoms with Crippen LogP contribution in [0.4, 0.5) is 0 Å². The van der Waals surface area contributed by atoms with Gasteiger partial charge in [0.2, 0.25) is 0 Å². The molecule has 1 aliphatic carbocycles. The summed E-state index contributed by atoms with van der Waals surface area (Å²) < 4.78 is 0. The van der Waals surface area contributed by atoms with E-state index in [4.69, 9.17) is 5.26 Å². The largest absolute Gasteiger partial charge is 0.193 e. The van der Waals surface area contributed by atoms with Gasteiger partial charge in [0.05, 0.1) is 6.07 Å². The highest BCUT2D eigenvalue weighted by Gasteiger charge is 2.23. The molecule has 0 heterocycles. The molecule has 0 aromatic rings. The van der Waals surface area contributed by atoms with E-state index < -0.39 is 0 Å². The average Bonchev–Trinajstić information content (AvgIpc) is 2.13. The van der Waals surface area contributed by atoms with E-state index in [0.717, 1.165) is 17.6 Å². The molecular formula is C12H17N. The van der Waals surface area contributed by atoms with E-state index in [1.807, 2.05) is 6.08 Å². The summed E-state index contributed by atoms with van der Waals surface area (Å²) in [6.07, 6.45) is 5.31. The molecule has 2 unspecified atom stereocenters. The number of nitriles is 1. The molecule has 1 nitrogen and oxygen atoms in total. The van der Waals surface area contributed by atoms with Gasteiger partial charge in [-0.15, -0.1) is 0 Å². The molecule has 13 heavy (non-hydrogen) atoms. The first-order valence-corrected chi connectivity index (χ1v) is 4.98. The van der Waals surface area contributed by atoms with Crippen LogP contribution in [-0.2, 0) is 0 Å². The maximum absolute atomic E-state index is 8.82. The summed E-state index contributed by atoms with van der Waals surface area (Å²) in [5.74, 6) is 1.19. The normalized spacial score (nSPS) is 28.1. The van der Waals surface area contributed by atoms with Crippen LogP contribution in [-0.4, -0.2) is 0 Å². The van der Waals surface area contributed by atoms with E-state index in [1.165, 1.54) is 12.8 Å². The second-order valence-corrected chi connectivity index (χ2v) is 3.90. The number of rotatable bonds is 2. The maximum Gasteiger partial charge on any atom is 0.0947 e. The van der Waals surface area contributed by atoms with Crippen LogP contribution >= 0.6 is 0 Å². The Bertz CT molecular complexity index is 267. The monoisotopic (exact) mass is 175 g/mol. The Hall–Kier alpha value is -1.03. The Morgan fingerprint density at radius 1 is 1.69 bits per heavy atom. The molecule has 70 valence electrons. The lowest BCUT2D eigenvalue weighted by Gasteiger charge is -2.28. The summed E-state index contributed by atoms with van der Waals surface area (Å²) in [5.41, 5.74) is 2.03. The van der Waals surface area contributed by atoms with Gasteiger partial charge in [0.15, 0.2) is 0 Å². The first kappa shape index (κ1) is 10.1. The van der Waals surface area contributed by atoms with Gasteiger partial charge in [-0.25, -0.2) is 0 Å². The third-order valence-corrected chi connectivity index (χ3v) is 2.94. The fourth-order valence-electron chi connectivity index (χ4n) is 1.98. The molecule has 0 saturated heterocycles. The molecular weight excluding hydrogens is 158 g/mol. The van der Waals surface area contributed by atoms with Gasteiger partial charge in [0, 0.05) is 5.57 Å². The van der Waals surface area contributed by atoms with Crippen molar-refractivity contribution >= 4 is 0 Å². The summed E-state index contributed by atoms with van der Waals surface area (Å²) in [7, 11) is 0. The molecule has 1 aliphatic rings. The van der Waals surface area contributed by atoms with Crippen LogP contribution in [0.25, 0.3) is 0 Å². The van der Waals surface area contributed by atoms with Crippen LogP contribution in [0.1, 0.15) is 33.1 Å². The number of hydrogen-bond donors (Lipinski definition) is 0. The smallest absolute Gasteiger partial charge is 0.0947 e. The standard InChI is InChI=1S/C12H17N/c1-4-5-12-7-11(8-13)6-9(2)10(12)3/h6,10,12H,2,4-5,7H2,1,3H3. The Balaban J connectivity index is 2.76. The zero-order valence-electron chi connectivity index (χ0n) is 8.51. The first-order chi connectivity index (χ1) is 6.19. The summed E-state index contributed by atoms with van der Waals surface area (Å²) in [5, 5.41) is 8.82. The van der Waals surface area contributed by atoms with Crippen molar-refractivity contribution in [2.45, 2.75) is 33.1 Å². The third-order valence-electron chi connectivity index (χ3n) is 2.94. The molecule has 0 aliphatic heterocycles. The van der Waals surface area contributed by atoms with Gasteiger partial charge in [-0.3, -0.25) is 0 Å². The van der Waals surface area contributed by atoms with Gasteiger partial charge >= 0.3 is 0 Å². The van der Waals surface area contributed by atoms with Crippen molar-refractivity contribution in [3.05, 3.63) is 23.8 Å². The van der Waals surface area contributed by atoms with E-state index >= 15 is 0 Å². The number of hydrogen-bond acceptors (Lipinski definition) is 1. The Morgan fingerprint density at radius 2 is 2.38 bits per heavy atom. The Labute approximate surface area is 80.8 Å². The van der Waals surface area contributed by atoms with Gasteiger partial charge in [-0.2, -0.15) is 5.26 Å². The lowest BCUT2D eigenvalue weighted by atomic mass is 9.76. The molecule has 0 amide bonds. The molecule has 0 spiro atoms. The second kappa shape index (κ2) is 4.28. The number of nitrogens with zero attached hydrogens (tertiary/aromatic N) is 1. The van der Waals surface area contributed by atoms with Gasteiger partial charge in [0.25, 0.3) is 0 Å². The molecule has 0 bridgehead atoms. The highest BCUT2D eigenvalue weighted by Crippen LogP contribution is 2.34. The van der Waals surface area contributed by atoms with Crippen molar-refractivity contribution in [2.24, 2.45) is 11.8 Å². The maximum atomic E-state index is 8.82. The SMILES string of the molecule is C=C1C=C(C#N)CC(CCC)C1C. The summed E-state index contributed by atoms with van der Waals surface area (Å²) in [4.78, 5) is 0. The highest BCUT2D eigenvalue weighted by molar-refractivity contribution is 5.35. The van der Waals surface area contributed by atoms with Gasteiger partial charge < -0.3 is 0 Å². The summed E-state index contributed by atoms with van der Waals surface area (Å²) >= 11 is 0. The zero-order valence-corrected chi connectivity index (χ0v) is 8.51. The van der Waals surface area contributed by atoms with Crippen molar-refractivity contribution in [1.82, 2.24) is 0 Å². The molecule has 0 aromatic heterocycles. The molecule has 0 fully saturated rings. The van der Waals surface area contributed by atoms with Crippen molar-refractivity contribution < 1.29 is 0 Å². The topological polar surface area (TPSA) is 23.8 Å². The second-order valence-electron chi connectivity index (χ2n) is 3.90. The molecule has 0 N–H and O–H groups in total. The van der Waals surface area contributed by atoms with Crippen molar-refractivity contribution in [3.63, 3.8) is 0 Å². The van der Waals surface area contributed by atoms with Crippen LogP contribution < -0.4 is 0 Å². The van der Waals surface area contributed by atoms with E-state index in [0.29, 0.717) is 11.8 Å². The van der Waals surface area contributed by atoms with E-state index in [1.54, 1.807) is 0 Å². The van der Waals surface area contributed by atoms with Gasteiger partial charge in [0.1, 0.15) is 0 Å². The Kier molecular flexibility index (Phi) is 3.31. The average molecular weight is 175 g/mol. The lowest BCUT2D eigenvalue weighted by Crippen LogP contribution is -2.17. The fourth-order valence-corrected chi connectivity index (χ4v) is 1.98. The first-order valence-electron chi connectivity index (χ1n) is 4.98. The quantitative estimate of drug-likeness (QED) is 0.630. The third kappa shape index (κ3) is 2.21. The summed E-state index contributed by atoms with van der Waals surface area (Å²) in [6.45, 7) is 8.41. The molecule has 1 heteroatoms. The minimum Gasteiger partial charge on any atom is -0.193 e. The minimum absolute atomic E-state index is 0.553. The van der Waals surface area contributed by atoms with E-state index in [2.05, 4.69) is 26.5 Å². The van der Waals surface area contributed by atoms with Crippen LogP contribution in [0.15, 0.2) is 23.8 Å². The van der Waals surface area contributed by atoms with Gasteiger partial charge in [-0.05, 0) is 30.8 Å². The summed E-state index contributed by atoms with van der Waals surface area (Å²) in [6, 6.07) is 2.24. The number of allylic oxidation sites excluding steroid dienone is 3. The minimum atomic E-state index is 0.553. The molecule has 1 rings (SSSR count). The molecule has 0 saturated carbocycles. The van der Waals surface area contributed by atoms with Crippen LogP contribution in [0.5, 0.6) is 0 Å². The Morgan fingerprint density at radius 3 is 2.92 bits per heavy atom. The molecule has 0 aromatic carbocycles. The van der Waals surface area contributed by atoms with Gasteiger partial charge in [-0.1, -0.05) is 32.4 Å². The lowest BCUT2D eigenvalue weighted by molar-refractivity contribution is 0.367. The van der Waals surface area contributed by atoms with Crippen molar-refractivity contribution in [1.29, 1.82) is 5.26 Å². The predicted molar refractivity (Wildman–Crippen MR) is 55.0 cm³/mol. The highest BCUT2D eigenvalue weighted by atomic mass is 14.3. The van der Waals surface area contributed by atoms with Crippen LogP contribution in [0.2, 0.25) is 0 Å². The van der Waals surface area contributed by atoms with Crippen LogP contribution in [0.3, 0.4) is 0 Å². The van der Waals surface area contributed by atoms with Crippen molar-refractivity contribution in [3.8, 4) is 6.07 Å². The fraction of sp³-hybridized carbons (Fsp3) is 0.583. The van der Waals surface area contributed by atoms with E-state index in [-0.39, 0.29) is 0 Å². The predicted octanol–water partition coefficient (Wildman–Crippen LogP) is 3.45. The molecule has 2 atom stereocenters. The van der Waals surface area contributed by atoms with Crippen LogP contribution in [0, 0.1) is 23.2 Å². The molecule has 0 radical (unpaired) electrons.